The summed E-state index contributed by atoms with van der Waals surface area (Å²) in [6.07, 6.45) is 6.99. The number of hydrogen-bond acceptors (Lipinski definition) is 2. The Morgan fingerprint density at radius 2 is 2.25 bits per heavy atom. The summed E-state index contributed by atoms with van der Waals surface area (Å²) in [4.78, 5) is 0. The standard InChI is InChI=1S/C14H19NO/c1-5-6-7-13(15-3)12-10-11(2)8-9-14(12)16-4/h1,8-10,13,15H,6-7H2,2-4H3. The van der Waals surface area contributed by atoms with E-state index in [4.69, 9.17) is 11.2 Å². The van der Waals surface area contributed by atoms with Crippen molar-refractivity contribution in [2.75, 3.05) is 14.2 Å². The van der Waals surface area contributed by atoms with Crippen LogP contribution in [0.1, 0.15) is 30.0 Å². The topological polar surface area (TPSA) is 21.3 Å². The third-order valence-corrected chi connectivity index (χ3v) is 2.69. The third-order valence-electron chi connectivity index (χ3n) is 2.69. The molecule has 0 saturated heterocycles. The molecular formula is C14H19NO. The summed E-state index contributed by atoms with van der Waals surface area (Å²) in [5.74, 6) is 3.59. The number of nitrogens with one attached hydrogen (secondary N) is 1. The lowest BCUT2D eigenvalue weighted by Crippen LogP contribution is -2.17. The number of benzene rings is 1. The highest BCUT2D eigenvalue weighted by Gasteiger charge is 2.13. The molecule has 1 aromatic carbocycles. The fraction of sp³-hybridized carbons (Fsp3) is 0.429. The van der Waals surface area contributed by atoms with E-state index in [2.05, 4.69) is 30.3 Å². The van der Waals surface area contributed by atoms with E-state index in [1.54, 1.807) is 7.11 Å². The Hall–Kier alpha value is -1.46. The number of terminal acetylenes is 1. The Balaban J connectivity index is 2.98. The molecule has 0 fully saturated rings. The van der Waals surface area contributed by atoms with E-state index < -0.39 is 0 Å². The molecule has 0 saturated carbocycles. The highest BCUT2D eigenvalue weighted by molar-refractivity contribution is 5.39. The van der Waals surface area contributed by atoms with E-state index in [1.165, 1.54) is 11.1 Å². The summed E-state index contributed by atoms with van der Waals surface area (Å²) in [7, 11) is 3.64. The molecule has 1 N–H and O–H groups in total. The summed E-state index contributed by atoms with van der Waals surface area (Å²) < 4.78 is 5.37. The average molecular weight is 217 g/mol. The Morgan fingerprint density at radius 1 is 1.50 bits per heavy atom. The summed E-state index contributed by atoms with van der Waals surface area (Å²) in [6, 6.07) is 6.46. The van der Waals surface area contributed by atoms with Gasteiger partial charge in [0.2, 0.25) is 0 Å². The van der Waals surface area contributed by atoms with Crippen LogP contribution in [0.4, 0.5) is 0 Å². The van der Waals surface area contributed by atoms with Gasteiger partial charge in [-0.15, -0.1) is 12.3 Å². The molecule has 0 aliphatic carbocycles. The van der Waals surface area contributed by atoms with E-state index >= 15 is 0 Å². The summed E-state index contributed by atoms with van der Waals surface area (Å²) >= 11 is 0. The van der Waals surface area contributed by atoms with Crippen LogP contribution in [-0.4, -0.2) is 14.2 Å². The maximum Gasteiger partial charge on any atom is 0.123 e. The second kappa shape index (κ2) is 6.19. The van der Waals surface area contributed by atoms with Crippen molar-refractivity contribution in [1.82, 2.24) is 5.32 Å². The molecule has 0 radical (unpaired) electrons. The zero-order chi connectivity index (χ0) is 12.0. The summed E-state index contributed by atoms with van der Waals surface area (Å²) in [5.41, 5.74) is 2.41. The van der Waals surface area contributed by atoms with Crippen molar-refractivity contribution in [2.24, 2.45) is 0 Å². The van der Waals surface area contributed by atoms with Crippen LogP contribution in [-0.2, 0) is 0 Å². The highest BCUT2D eigenvalue weighted by atomic mass is 16.5. The molecule has 1 atom stereocenters. The van der Waals surface area contributed by atoms with Crippen LogP contribution < -0.4 is 10.1 Å². The normalized spacial score (nSPS) is 11.9. The lowest BCUT2D eigenvalue weighted by Gasteiger charge is -2.19. The van der Waals surface area contributed by atoms with Crippen molar-refractivity contribution in [1.29, 1.82) is 0 Å². The molecule has 1 aromatic rings. The quantitative estimate of drug-likeness (QED) is 0.766. The van der Waals surface area contributed by atoms with Crippen LogP contribution in [0.25, 0.3) is 0 Å². The van der Waals surface area contributed by atoms with Crippen molar-refractivity contribution in [3.63, 3.8) is 0 Å². The second-order valence-corrected chi connectivity index (χ2v) is 3.83. The number of methoxy groups -OCH3 is 1. The number of aryl methyl sites for hydroxylation is 1. The predicted molar refractivity (Wildman–Crippen MR) is 67.6 cm³/mol. The lowest BCUT2D eigenvalue weighted by atomic mass is 9.99. The minimum Gasteiger partial charge on any atom is -0.496 e. The molecule has 16 heavy (non-hydrogen) atoms. The Bertz CT molecular complexity index is 379. The fourth-order valence-corrected chi connectivity index (χ4v) is 1.81. The van der Waals surface area contributed by atoms with E-state index in [1.807, 2.05) is 13.1 Å². The molecule has 2 heteroatoms. The molecule has 0 aromatic heterocycles. The number of rotatable bonds is 5. The van der Waals surface area contributed by atoms with E-state index in [0.717, 1.165) is 18.6 Å². The molecule has 2 nitrogen and oxygen atoms in total. The van der Waals surface area contributed by atoms with Gasteiger partial charge in [0.15, 0.2) is 0 Å². The lowest BCUT2D eigenvalue weighted by molar-refractivity contribution is 0.399. The maximum atomic E-state index is 5.37. The van der Waals surface area contributed by atoms with Crippen molar-refractivity contribution in [3.05, 3.63) is 29.3 Å². The highest BCUT2D eigenvalue weighted by Crippen LogP contribution is 2.28. The molecule has 1 rings (SSSR count). The molecule has 0 spiro atoms. The molecule has 0 aliphatic rings. The van der Waals surface area contributed by atoms with Crippen molar-refractivity contribution >= 4 is 0 Å². The molecule has 0 heterocycles. The number of ether oxygens (including phenoxy) is 1. The minimum absolute atomic E-state index is 0.255. The first-order valence-corrected chi connectivity index (χ1v) is 5.48. The molecule has 1 unspecified atom stereocenters. The van der Waals surface area contributed by atoms with Gasteiger partial charge in [-0.1, -0.05) is 17.7 Å². The van der Waals surface area contributed by atoms with Gasteiger partial charge in [0.25, 0.3) is 0 Å². The van der Waals surface area contributed by atoms with Gasteiger partial charge in [-0.25, -0.2) is 0 Å². The first kappa shape index (κ1) is 12.6. The predicted octanol–water partition coefficient (Wildman–Crippen LogP) is 2.68. The first-order chi connectivity index (χ1) is 7.72. The summed E-state index contributed by atoms with van der Waals surface area (Å²) in [5, 5.41) is 3.28. The zero-order valence-electron chi connectivity index (χ0n) is 10.2. The van der Waals surface area contributed by atoms with E-state index in [9.17, 15) is 0 Å². The van der Waals surface area contributed by atoms with Gasteiger partial charge >= 0.3 is 0 Å². The minimum atomic E-state index is 0.255. The summed E-state index contributed by atoms with van der Waals surface area (Å²) in [6.45, 7) is 2.08. The Morgan fingerprint density at radius 3 is 2.81 bits per heavy atom. The van der Waals surface area contributed by atoms with Crippen molar-refractivity contribution in [3.8, 4) is 18.1 Å². The van der Waals surface area contributed by atoms with Crippen molar-refractivity contribution < 1.29 is 4.74 Å². The monoisotopic (exact) mass is 217 g/mol. The third kappa shape index (κ3) is 3.01. The first-order valence-electron chi connectivity index (χ1n) is 5.48. The molecule has 86 valence electrons. The van der Waals surface area contributed by atoms with Crippen LogP contribution >= 0.6 is 0 Å². The van der Waals surface area contributed by atoms with E-state index in [-0.39, 0.29) is 6.04 Å². The SMILES string of the molecule is C#CCCC(NC)c1cc(C)ccc1OC. The molecule has 0 bridgehead atoms. The smallest absolute Gasteiger partial charge is 0.123 e. The van der Waals surface area contributed by atoms with Gasteiger partial charge in [-0.05, 0) is 26.5 Å². The average Bonchev–Trinajstić information content (AvgIpc) is 2.30. The van der Waals surface area contributed by atoms with Gasteiger partial charge in [0.1, 0.15) is 5.75 Å². The Labute approximate surface area is 98.0 Å². The van der Waals surface area contributed by atoms with Gasteiger partial charge in [0, 0.05) is 18.0 Å². The van der Waals surface area contributed by atoms with Crippen LogP contribution in [0.15, 0.2) is 18.2 Å². The van der Waals surface area contributed by atoms with Crippen molar-refractivity contribution in [2.45, 2.75) is 25.8 Å². The molecule has 0 amide bonds. The fourth-order valence-electron chi connectivity index (χ4n) is 1.81. The van der Waals surface area contributed by atoms with Gasteiger partial charge < -0.3 is 10.1 Å². The van der Waals surface area contributed by atoms with Crippen LogP contribution in [0.5, 0.6) is 5.75 Å². The van der Waals surface area contributed by atoms with Gasteiger partial charge in [0.05, 0.1) is 7.11 Å². The van der Waals surface area contributed by atoms with Gasteiger partial charge in [-0.2, -0.15) is 0 Å². The maximum absolute atomic E-state index is 5.37. The van der Waals surface area contributed by atoms with Crippen LogP contribution in [0.2, 0.25) is 0 Å². The van der Waals surface area contributed by atoms with E-state index in [0.29, 0.717) is 0 Å². The second-order valence-electron chi connectivity index (χ2n) is 3.83. The Kier molecular flexibility index (Phi) is 4.88. The molecule has 0 aliphatic heterocycles. The number of hydrogen-bond donors (Lipinski definition) is 1. The van der Waals surface area contributed by atoms with Crippen LogP contribution in [0.3, 0.4) is 0 Å². The largest absolute Gasteiger partial charge is 0.496 e. The molecular weight excluding hydrogens is 198 g/mol. The zero-order valence-corrected chi connectivity index (χ0v) is 10.2. The van der Waals surface area contributed by atoms with Gasteiger partial charge in [-0.3, -0.25) is 0 Å². The van der Waals surface area contributed by atoms with Crippen LogP contribution in [0, 0.1) is 19.3 Å².